The molecule has 0 fully saturated rings. The Bertz CT molecular complexity index is 1020. The van der Waals surface area contributed by atoms with Gasteiger partial charge >= 0.3 is 0 Å². The lowest BCUT2D eigenvalue weighted by Crippen LogP contribution is -2.35. The number of benzene rings is 2. The topological polar surface area (TPSA) is 65.4 Å². The number of nitriles is 1. The van der Waals surface area contributed by atoms with E-state index < -0.39 is 5.78 Å². The van der Waals surface area contributed by atoms with Crippen molar-refractivity contribution in [3.63, 3.8) is 0 Å². The van der Waals surface area contributed by atoms with E-state index in [0.29, 0.717) is 11.6 Å². The highest BCUT2D eigenvalue weighted by Gasteiger charge is 2.35. The molecule has 2 aromatic carbocycles. The lowest BCUT2D eigenvalue weighted by molar-refractivity contribution is -0.113. The zero-order valence-corrected chi connectivity index (χ0v) is 19.1. The van der Waals surface area contributed by atoms with Crippen molar-refractivity contribution in [3.05, 3.63) is 58.8 Å². The highest BCUT2D eigenvalue weighted by atomic mass is 35.5. The molecule has 0 radical (unpaired) electrons. The van der Waals surface area contributed by atoms with Gasteiger partial charge in [-0.05, 0) is 73.3 Å². The zero-order valence-electron chi connectivity index (χ0n) is 18.3. The van der Waals surface area contributed by atoms with Crippen molar-refractivity contribution < 1.29 is 9.53 Å². The van der Waals surface area contributed by atoms with Crippen LogP contribution in [0, 0.1) is 18.3 Å². The van der Waals surface area contributed by atoms with E-state index in [1.807, 2.05) is 38.1 Å². The molecule has 0 saturated carbocycles. The summed E-state index contributed by atoms with van der Waals surface area (Å²) in [6.07, 6.45) is 2.58. The number of halogens is 1. The van der Waals surface area contributed by atoms with Gasteiger partial charge in [0.1, 0.15) is 11.8 Å². The van der Waals surface area contributed by atoms with E-state index in [2.05, 4.69) is 23.7 Å². The monoisotopic (exact) mass is 437 g/mol. The average molecular weight is 438 g/mol. The average Bonchev–Trinajstić information content (AvgIpc) is 3.08. The second kappa shape index (κ2) is 9.89. The second-order valence-corrected chi connectivity index (χ2v) is 8.13. The number of hydrogen-bond acceptors (Lipinski definition) is 5. The first-order valence-corrected chi connectivity index (χ1v) is 10.9. The van der Waals surface area contributed by atoms with Gasteiger partial charge < -0.3 is 15.0 Å². The number of hydrogen-bond donors (Lipinski definition) is 1. The summed E-state index contributed by atoms with van der Waals surface area (Å²) < 4.78 is 6.13. The Kier molecular flexibility index (Phi) is 7.25. The summed E-state index contributed by atoms with van der Waals surface area (Å²) in [4.78, 5) is 14.6. The number of carbonyl (C=O) groups excluding carboxylic acids is 1. The van der Waals surface area contributed by atoms with Gasteiger partial charge in [0.25, 0.3) is 0 Å². The Morgan fingerprint density at radius 1 is 1.42 bits per heavy atom. The minimum Gasteiger partial charge on any atom is -0.491 e. The molecule has 0 bridgehead atoms. The van der Waals surface area contributed by atoms with Gasteiger partial charge in [-0.3, -0.25) is 4.79 Å². The number of fused-ring (bicyclic) bond motifs is 1. The predicted octanol–water partition coefficient (Wildman–Crippen LogP) is 4.83. The van der Waals surface area contributed by atoms with E-state index in [1.54, 1.807) is 12.3 Å². The van der Waals surface area contributed by atoms with Crippen LogP contribution in [0.25, 0.3) is 11.1 Å². The number of carbonyl (C=O) groups is 1. The summed E-state index contributed by atoms with van der Waals surface area (Å²) >= 11 is 6.14. The Hall–Kier alpha value is -2.97. The molecule has 1 unspecified atom stereocenters. The second-order valence-electron chi connectivity index (χ2n) is 7.69. The van der Waals surface area contributed by atoms with Crippen molar-refractivity contribution in [2.75, 3.05) is 24.6 Å². The number of rotatable bonds is 9. The van der Waals surface area contributed by atoms with Crippen LogP contribution < -0.4 is 15.0 Å². The molecule has 162 valence electrons. The van der Waals surface area contributed by atoms with Crippen molar-refractivity contribution in [1.82, 2.24) is 5.32 Å². The molecular formula is C25H28ClN3O2. The largest absolute Gasteiger partial charge is 0.491 e. The van der Waals surface area contributed by atoms with Gasteiger partial charge in [-0.2, -0.15) is 5.26 Å². The van der Waals surface area contributed by atoms with Crippen LogP contribution in [-0.2, 0) is 17.6 Å². The number of ether oxygens (including phenoxy) is 1. The number of nitrogens with one attached hydrogen (secondary N) is 1. The molecule has 2 aromatic rings. The smallest absolute Gasteiger partial charge is 0.236 e. The van der Waals surface area contributed by atoms with Gasteiger partial charge in [0.05, 0.1) is 12.3 Å². The molecule has 0 amide bonds. The maximum absolute atomic E-state index is 12.2. The van der Waals surface area contributed by atoms with E-state index in [-0.39, 0.29) is 12.5 Å². The lowest BCUT2D eigenvalue weighted by Gasteiger charge is -2.28. The number of nitrogens with zero attached hydrogens (tertiary/aromatic N) is 2. The molecular weight excluding hydrogens is 410 g/mol. The molecule has 1 aliphatic heterocycles. The fraction of sp³-hybridized carbons (Fsp3) is 0.360. The van der Waals surface area contributed by atoms with Gasteiger partial charge in [0, 0.05) is 30.6 Å². The molecule has 6 heteroatoms. The van der Waals surface area contributed by atoms with Crippen LogP contribution in [0.5, 0.6) is 5.75 Å². The first-order chi connectivity index (χ1) is 14.9. The maximum atomic E-state index is 12.2. The third-order valence-corrected chi connectivity index (χ3v) is 5.99. The standard InChI is InChI=1S/C25H28ClN3O2/c1-5-28-11-12-29-16(3)13-22-23(18-7-9-19(26)10-8-18)21(14-20(30)15-27)17(4)25(24(22)29)31-6-2/h5,7-10,16,28H,1,6,11-14H2,2-4H3. The summed E-state index contributed by atoms with van der Waals surface area (Å²) in [5.74, 6) is 0.345. The van der Waals surface area contributed by atoms with Gasteiger partial charge in [-0.25, -0.2) is 0 Å². The molecule has 0 saturated heterocycles. The van der Waals surface area contributed by atoms with E-state index in [1.165, 1.54) is 0 Å². The first kappa shape index (κ1) is 22.7. The third kappa shape index (κ3) is 4.55. The third-order valence-electron chi connectivity index (χ3n) is 5.74. The van der Waals surface area contributed by atoms with Crippen molar-refractivity contribution in [1.29, 1.82) is 5.26 Å². The molecule has 0 aliphatic carbocycles. The normalized spacial score (nSPS) is 14.7. The number of anilines is 1. The summed E-state index contributed by atoms with van der Waals surface area (Å²) in [5, 5.41) is 13.0. The zero-order chi connectivity index (χ0) is 22.5. The Balaban J connectivity index is 2.28. The molecule has 0 aromatic heterocycles. The highest BCUT2D eigenvalue weighted by molar-refractivity contribution is 6.30. The maximum Gasteiger partial charge on any atom is 0.236 e. The SMILES string of the molecule is C=CNCCN1c2c(c(-c3ccc(Cl)cc3)c(CC(=O)C#N)c(C)c2OCC)CC1C. The van der Waals surface area contributed by atoms with Crippen molar-refractivity contribution in [2.24, 2.45) is 0 Å². The van der Waals surface area contributed by atoms with Crippen LogP contribution in [0.15, 0.2) is 37.0 Å². The van der Waals surface area contributed by atoms with E-state index in [9.17, 15) is 10.1 Å². The molecule has 31 heavy (non-hydrogen) atoms. The van der Waals surface area contributed by atoms with Crippen LogP contribution in [0.1, 0.15) is 30.5 Å². The fourth-order valence-electron chi connectivity index (χ4n) is 4.39. The minimum absolute atomic E-state index is 0.0556. The van der Waals surface area contributed by atoms with Crippen LogP contribution in [0.4, 0.5) is 5.69 Å². The Labute approximate surface area is 189 Å². The van der Waals surface area contributed by atoms with Crippen LogP contribution in [-0.4, -0.2) is 31.5 Å². The molecule has 5 nitrogen and oxygen atoms in total. The van der Waals surface area contributed by atoms with Gasteiger partial charge in [-0.15, -0.1) is 0 Å². The molecule has 1 N–H and O–H groups in total. The molecule has 1 aliphatic rings. The van der Waals surface area contributed by atoms with Crippen LogP contribution in [0.3, 0.4) is 0 Å². The summed E-state index contributed by atoms with van der Waals surface area (Å²) in [5.41, 5.74) is 6.01. The van der Waals surface area contributed by atoms with Gasteiger partial charge in [-0.1, -0.05) is 30.3 Å². The van der Waals surface area contributed by atoms with Crippen LogP contribution in [0.2, 0.25) is 5.02 Å². The minimum atomic E-state index is -0.459. The van der Waals surface area contributed by atoms with Gasteiger partial charge in [0.15, 0.2) is 0 Å². The molecule has 3 rings (SSSR count). The van der Waals surface area contributed by atoms with Gasteiger partial charge in [0.2, 0.25) is 5.78 Å². The van der Waals surface area contributed by atoms with Crippen molar-refractivity contribution >= 4 is 23.1 Å². The fourth-order valence-corrected chi connectivity index (χ4v) is 4.52. The number of Topliss-reactive ketones (excluding diaryl/α,β-unsaturated/α-hetero) is 1. The molecule has 0 spiro atoms. The van der Waals surface area contributed by atoms with Crippen molar-refractivity contribution in [2.45, 2.75) is 39.7 Å². The van der Waals surface area contributed by atoms with E-state index >= 15 is 0 Å². The molecule has 1 atom stereocenters. The highest BCUT2D eigenvalue weighted by Crippen LogP contribution is 2.49. The lowest BCUT2D eigenvalue weighted by atomic mass is 9.86. The quantitative estimate of drug-likeness (QED) is 0.449. The summed E-state index contributed by atoms with van der Waals surface area (Å²) in [6.45, 7) is 12.0. The molecule has 1 heterocycles. The summed E-state index contributed by atoms with van der Waals surface area (Å²) in [7, 11) is 0. The Morgan fingerprint density at radius 3 is 2.74 bits per heavy atom. The van der Waals surface area contributed by atoms with E-state index in [4.69, 9.17) is 16.3 Å². The van der Waals surface area contributed by atoms with E-state index in [0.717, 1.165) is 58.8 Å². The predicted molar refractivity (Wildman–Crippen MR) is 126 cm³/mol. The Morgan fingerprint density at radius 2 is 2.13 bits per heavy atom. The first-order valence-electron chi connectivity index (χ1n) is 10.5. The summed E-state index contributed by atoms with van der Waals surface area (Å²) in [6, 6.07) is 9.71. The van der Waals surface area contributed by atoms with Crippen molar-refractivity contribution in [3.8, 4) is 22.9 Å². The number of ketones is 1. The van der Waals surface area contributed by atoms with Crippen LogP contribution >= 0.6 is 11.6 Å².